The Kier molecular flexibility index (Phi) is 7.07. The zero-order valence-corrected chi connectivity index (χ0v) is 16.0. The Balaban J connectivity index is 1.57. The van der Waals surface area contributed by atoms with Crippen LogP contribution in [-0.4, -0.2) is 75.9 Å². The van der Waals surface area contributed by atoms with E-state index in [0.29, 0.717) is 32.5 Å². The highest BCUT2D eigenvalue weighted by Crippen LogP contribution is 2.24. The largest absolute Gasteiger partial charge is 0.385 e. The van der Waals surface area contributed by atoms with E-state index in [2.05, 4.69) is 22.3 Å². The summed E-state index contributed by atoms with van der Waals surface area (Å²) in [5.41, 5.74) is 1.25. The second-order valence-corrected chi connectivity index (χ2v) is 7.21. The minimum atomic E-state index is -1.08. The fourth-order valence-electron chi connectivity index (χ4n) is 3.73. The number of para-hydroxylation sites is 1. The summed E-state index contributed by atoms with van der Waals surface area (Å²) >= 11 is 0. The van der Waals surface area contributed by atoms with E-state index in [-0.39, 0.29) is 12.5 Å². The smallest absolute Gasteiger partial charge is 0.220 e. The quantitative estimate of drug-likeness (QED) is 0.729. The standard InChI is InChI=1S/C20H30N2O5/c1-25-15-20(24)8-11-27-14-18(20)21-19(23)7-6-16-4-2-3-5-17(16)22-9-12-26-13-10-22/h2-5,18,24H,6-15H2,1H3,(H,21,23). The van der Waals surface area contributed by atoms with Crippen molar-refractivity contribution in [1.82, 2.24) is 5.32 Å². The van der Waals surface area contributed by atoms with Crippen LogP contribution < -0.4 is 10.2 Å². The molecule has 2 saturated heterocycles. The van der Waals surface area contributed by atoms with Gasteiger partial charge in [-0.25, -0.2) is 0 Å². The Bertz CT molecular complexity index is 616. The molecule has 150 valence electrons. The summed E-state index contributed by atoms with van der Waals surface area (Å²) in [6.45, 7) is 4.15. The lowest BCUT2D eigenvalue weighted by Crippen LogP contribution is -2.60. The lowest BCUT2D eigenvalue weighted by atomic mass is 9.90. The van der Waals surface area contributed by atoms with Crippen LogP contribution in [0.5, 0.6) is 0 Å². The minimum Gasteiger partial charge on any atom is -0.385 e. The average Bonchev–Trinajstić information content (AvgIpc) is 2.69. The molecule has 0 bridgehead atoms. The first-order valence-electron chi connectivity index (χ1n) is 9.61. The molecule has 0 aromatic heterocycles. The van der Waals surface area contributed by atoms with E-state index in [4.69, 9.17) is 14.2 Å². The summed E-state index contributed by atoms with van der Waals surface area (Å²) in [5.74, 6) is -0.0863. The van der Waals surface area contributed by atoms with Crippen molar-refractivity contribution in [3.8, 4) is 0 Å². The number of carbonyl (C=O) groups is 1. The number of benzene rings is 1. The molecule has 3 rings (SSSR count). The molecule has 2 heterocycles. The van der Waals surface area contributed by atoms with Gasteiger partial charge in [0.25, 0.3) is 0 Å². The van der Waals surface area contributed by atoms with Gasteiger partial charge in [-0.3, -0.25) is 4.79 Å². The van der Waals surface area contributed by atoms with E-state index in [9.17, 15) is 9.90 Å². The van der Waals surface area contributed by atoms with Crippen LogP contribution >= 0.6 is 0 Å². The van der Waals surface area contributed by atoms with Crippen LogP contribution in [0.25, 0.3) is 0 Å². The van der Waals surface area contributed by atoms with Gasteiger partial charge in [0.05, 0.1) is 32.5 Å². The van der Waals surface area contributed by atoms with Crippen molar-refractivity contribution in [2.75, 3.05) is 58.1 Å². The van der Waals surface area contributed by atoms with Crippen molar-refractivity contribution in [3.63, 3.8) is 0 Å². The van der Waals surface area contributed by atoms with E-state index < -0.39 is 11.6 Å². The lowest BCUT2D eigenvalue weighted by molar-refractivity contribution is -0.139. The summed E-state index contributed by atoms with van der Waals surface area (Å²) < 4.78 is 16.0. The Hall–Kier alpha value is -1.67. The molecule has 0 aliphatic carbocycles. The number of hydrogen-bond acceptors (Lipinski definition) is 6. The molecular formula is C20H30N2O5. The highest BCUT2D eigenvalue weighted by Gasteiger charge is 2.40. The number of ether oxygens (including phenoxy) is 3. The first kappa shape index (κ1) is 20.1. The van der Waals surface area contributed by atoms with Crippen molar-refractivity contribution in [1.29, 1.82) is 0 Å². The van der Waals surface area contributed by atoms with Gasteiger partial charge in [-0.15, -0.1) is 0 Å². The van der Waals surface area contributed by atoms with E-state index in [1.165, 1.54) is 5.69 Å². The molecule has 7 nitrogen and oxygen atoms in total. The maximum absolute atomic E-state index is 12.5. The zero-order valence-electron chi connectivity index (χ0n) is 16.0. The molecule has 0 saturated carbocycles. The number of methoxy groups -OCH3 is 1. The third-order valence-electron chi connectivity index (χ3n) is 5.31. The number of anilines is 1. The van der Waals surface area contributed by atoms with Crippen LogP contribution in [0.15, 0.2) is 24.3 Å². The molecule has 1 aromatic rings. The molecular weight excluding hydrogens is 348 g/mol. The number of hydrogen-bond donors (Lipinski definition) is 2. The predicted octanol–water partition coefficient (Wildman–Crippen LogP) is 0.738. The third-order valence-corrected chi connectivity index (χ3v) is 5.31. The fourth-order valence-corrected chi connectivity index (χ4v) is 3.73. The third kappa shape index (κ3) is 5.19. The number of nitrogens with one attached hydrogen (secondary N) is 1. The van der Waals surface area contributed by atoms with E-state index in [1.807, 2.05) is 12.1 Å². The van der Waals surface area contributed by atoms with Gasteiger partial charge in [-0.05, 0) is 18.1 Å². The van der Waals surface area contributed by atoms with Gasteiger partial charge in [0.2, 0.25) is 5.91 Å². The maximum Gasteiger partial charge on any atom is 0.220 e. The molecule has 2 unspecified atom stereocenters. The Morgan fingerprint density at radius 1 is 1.30 bits per heavy atom. The van der Waals surface area contributed by atoms with Gasteiger partial charge in [0, 0.05) is 45.3 Å². The second-order valence-electron chi connectivity index (χ2n) is 7.21. The van der Waals surface area contributed by atoms with Crippen LogP contribution in [0.4, 0.5) is 5.69 Å². The van der Waals surface area contributed by atoms with Gasteiger partial charge in [0.15, 0.2) is 0 Å². The van der Waals surface area contributed by atoms with Crippen molar-refractivity contribution in [2.24, 2.45) is 0 Å². The molecule has 2 N–H and O–H groups in total. The van der Waals surface area contributed by atoms with Gasteiger partial charge in [0.1, 0.15) is 5.60 Å². The normalized spacial score (nSPS) is 26.0. The van der Waals surface area contributed by atoms with E-state index in [1.54, 1.807) is 7.11 Å². The molecule has 2 aliphatic heterocycles. The molecule has 27 heavy (non-hydrogen) atoms. The second kappa shape index (κ2) is 9.50. The summed E-state index contributed by atoms with van der Waals surface area (Å²) in [6, 6.07) is 7.75. The summed E-state index contributed by atoms with van der Waals surface area (Å²) in [4.78, 5) is 14.8. The number of morpholine rings is 1. The van der Waals surface area contributed by atoms with Crippen molar-refractivity contribution in [2.45, 2.75) is 30.9 Å². The monoisotopic (exact) mass is 378 g/mol. The average molecular weight is 378 g/mol. The zero-order chi connectivity index (χ0) is 19.1. The Labute approximate surface area is 160 Å². The summed E-state index contributed by atoms with van der Waals surface area (Å²) in [5, 5.41) is 13.7. The van der Waals surface area contributed by atoms with Crippen molar-refractivity contribution >= 4 is 11.6 Å². The van der Waals surface area contributed by atoms with Crippen LogP contribution in [0, 0.1) is 0 Å². The van der Waals surface area contributed by atoms with Crippen molar-refractivity contribution < 1.29 is 24.1 Å². The van der Waals surface area contributed by atoms with E-state index in [0.717, 1.165) is 31.9 Å². The Morgan fingerprint density at radius 2 is 2.07 bits per heavy atom. The number of nitrogens with zero attached hydrogens (tertiary/aromatic N) is 1. The van der Waals surface area contributed by atoms with Crippen molar-refractivity contribution in [3.05, 3.63) is 29.8 Å². The first-order valence-corrected chi connectivity index (χ1v) is 9.61. The molecule has 7 heteroatoms. The number of aryl methyl sites for hydroxylation is 1. The number of amides is 1. The number of carbonyl (C=O) groups excluding carboxylic acids is 1. The Morgan fingerprint density at radius 3 is 2.85 bits per heavy atom. The summed E-state index contributed by atoms with van der Waals surface area (Å²) in [6.07, 6.45) is 1.46. The SMILES string of the molecule is COCC1(O)CCOCC1NC(=O)CCc1ccccc1N1CCOCC1. The first-order chi connectivity index (χ1) is 13.1. The fraction of sp³-hybridized carbons (Fsp3) is 0.650. The van der Waals surface area contributed by atoms with Gasteiger partial charge >= 0.3 is 0 Å². The van der Waals surface area contributed by atoms with Crippen LogP contribution in [-0.2, 0) is 25.4 Å². The minimum absolute atomic E-state index is 0.0863. The lowest BCUT2D eigenvalue weighted by Gasteiger charge is -2.39. The summed E-state index contributed by atoms with van der Waals surface area (Å²) in [7, 11) is 1.55. The molecule has 0 spiro atoms. The van der Waals surface area contributed by atoms with E-state index >= 15 is 0 Å². The topological polar surface area (TPSA) is 80.3 Å². The molecule has 1 aromatic carbocycles. The molecule has 1 amide bonds. The molecule has 0 radical (unpaired) electrons. The van der Waals surface area contributed by atoms with Gasteiger partial charge < -0.3 is 29.5 Å². The predicted molar refractivity (Wildman–Crippen MR) is 102 cm³/mol. The number of aliphatic hydroxyl groups is 1. The number of rotatable bonds is 7. The highest BCUT2D eigenvalue weighted by molar-refractivity contribution is 5.77. The highest BCUT2D eigenvalue weighted by atomic mass is 16.5. The maximum atomic E-state index is 12.5. The van der Waals surface area contributed by atoms with Crippen LogP contribution in [0.1, 0.15) is 18.4 Å². The molecule has 2 atom stereocenters. The molecule has 2 fully saturated rings. The van der Waals surface area contributed by atoms with Crippen LogP contribution in [0.3, 0.4) is 0 Å². The van der Waals surface area contributed by atoms with Crippen LogP contribution in [0.2, 0.25) is 0 Å². The van der Waals surface area contributed by atoms with Gasteiger partial charge in [-0.2, -0.15) is 0 Å². The molecule has 2 aliphatic rings. The van der Waals surface area contributed by atoms with Gasteiger partial charge in [-0.1, -0.05) is 18.2 Å².